The van der Waals surface area contributed by atoms with E-state index in [2.05, 4.69) is 25.9 Å². The Hall–Kier alpha value is -0.640. The molecule has 0 saturated heterocycles. The van der Waals surface area contributed by atoms with Gasteiger partial charge < -0.3 is 4.90 Å². The molecule has 1 heterocycles. The molecule has 4 heteroatoms. The number of halogens is 1. The minimum atomic E-state index is 0.811. The van der Waals surface area contributed by atoms with Crippen molar-refractivity contribution in [2.45, 2.75) is 0 Å². The first kappa shape index (κ1) is 7.47. The molecule has 0 atom stereocenters. The van der Waals surface area contributed by atoms with Gasteiger partial charge in [-0.2, -0.15) is 0 Å². The Morgan fingerprint density at radius 1 is 1.40 bits per heavy atom. The summed E-state index contributed by atoms with van der Waals surface area (Å²) in [5.74, 6) is 0.905. The molecule has 0 aliphatic heterocycles. The Kier molecular flexibility index (Phi) is 2.21. The van der Waals surface area contributed by atoms with Gasteiger partial charge in [-0.3, -0.25) is 0 Å². The molecule has 1 aromatic rings. The smallest absolute Gasteiger partial charge is 0.132 e. The van der Waals surface area contributed by atoms with Gasteiger partial charge in [-0.1, -0.05) is 0 Å². The summed E-state index contributed by atoms with van der Waals surface area (Å²) in [6.07, 6.45) is 1.53. The summed E-state index contributed by atoms with van der Waals surface area (Å²) >= 11 is 3.25. The summed E-state index contributed by atoms with van der Waals surface area (Å²) in [7, 11) is 3.88. The van der Waals surface area contributed by atoms with Crippen LogP contribution in [-0.2, 0) is 0 Å². The molecule has 1 rings (SSSR count). The maximum Gasteiger partial charge on any atom is 0.132 e. The molecule has 0 amide bonds. The van der Waals surface area contributed by atoms with E-state index < -0.39 is 0 Å². The number of aromatic nitrogens is 2. The number of hydrogen-bond donors (Lipinski definition) is 0. The lowest BCUT2D eigenvalue weighted by Crippen LogP contribution is -2.10. The minimum absolute atomic E-state index is 0.811. The van der Waals surface area contributed by atoms with Gasteiger partial charge in [-0.15, -0.1) is 0 Å². The second-order valence-electron chi connectivity index (χ2n) is 2.09. The van der Waals surface area contributed by atoms with Crippen molar-refractivity contribution in [3.63, 3.8) is 0 Å². The summed E-state index contributed by atoms with van der Waals surface area (Å²) in [4.78, 5) is 9.85. The highest BCUT2D eigenvalue weighted by Crippen LogP contribution is 2.10. The van der Waals surface area contributed by atoms with Gasteiger partial charge in [0.15, 0.2) is 0 Å². The van der Waals surface area contributed by atoms with Crippen molar-refractivity contribution >= 4 is 21.7 Å². The normalized spacial score (nSPS) is 9.50. The molecular weight excluding hydrogens is 194 g/mol. The second-order valence-corrected chi connectivity index (χ2v) is 2.91. The number of nitrogens with zero attached hydrogens (tertiary/aromatic N) is 3. The van der Waals surface area contributed by atoms with E-state index in [0.29, 0.717) is 0 Å². The van der Waals surface area contributed by atoms with Gasteiger partial charge in [0, 0.05) is 20.2 Å². The second kappa shape index (κ2) is 2.96. The van der Waals surface area contributed by atoms with Crippen molar-refractivity contribution in [1.29, 1.82) is 0 Å². The minimum Gasteiger partial charge on any atom is -0.363 e. The topological polar surface area (TPSA) is 29.0 Å². The third-order valence-electron chi connectivity index (χ3n) is 1.08. The molecule has 0 aliphatic carbocycles. The summed E-state index contributed by atoms with van der Waals surface area (Å²) in [5, 5.41) is 0. The van der Waals surface area contributed by atoms with Crippen LogP contribution >= 0.6 is 15.9 Å². The predicted molar refractivity (Wildman–Crippen MR) is 44.1 cm³/mol. The molecule has 0 N–H and O–H groups in total. The van der Waals surface area contributed by atoms with Crippen molar-refractivity contribution in [1.82, 2.24) is 9.97 Å². The highest BCUT2D eigenvalue weighted by Gasteiger charge is 1.95. The highest BCUT2D eigenvalue weighted by atomic mass is 79.9. The highest BCUT2D eigenvalue weighted by molar-refractivity contribution is 9.10. The van der Waals surface area contributed by atoms with E-state index in [4.69, 9.17) is 0 Å². The van der Waals surface area contributed by atoms with E-state index in [1.54, 1.807) is 0 Å². The fourth-order valence-electron chi connectivity index (χ4n) is 0.569. The first-order valence-electron chi connectivity index (χ1n) is 2.85. The van der Waals surface area contributed by atoms with E-state index in [1.807, 2.05) is 25.1 Å². The molecule has 10 heavy (non-hydrogen) atoms. The fourth-order valence-corrected chi connectivity index (χ4v) is 0.865. The average Bonchev–Trinajstić information content (AvgIpc) is 1.88. The van der Waals surface area contributed by atoms with E-state index >= 15 is 0 Å². The number of hydrogen-bond acceptors (Lipinski definition) is 3. The Labute approximate surface area is 68.2 Å². The van der Waals surface area contributed by atoms with Gasteiger partial charge in [0.1, 0.15) is 16.7 Å². The molecule has 54 valence electrons. The van der Waals surface area contributed by atoms with Gasteiger partial charge in [0.2, 0.25) is 0 Å². The predicted octanol–water partition coefficient (Wildman–Crippen LogP) is 1.31. The Bertz CT molecular complexity index is 224. The lowest BCUT2D eigenvalue weighted by Gasteiger charge is -2.09. The summed E-state index contributed by atoms with van der Waals surface area (Å²) in [6.45, 7) is 0. The molecule has 0 radical (unpaired) electrons. The van der Waals surface area contributed by atoms with Crippen molar-refractivity contribution < 1.29 is 0 Å². The van der Waals surface area contributed by atoms with E-state index in [9.17, 15) is 0 Å². The van der Waals surface area contributed by atoms with Gasteiger partial charge in [0.25, 0.3) is 0 Å². The van der Waals surface area contributed by atoms with Gasteiger partial charge in [-0.05, 0) is 15.9 Å². The van der Waals surface area contributed by atoms with Crippen LogP contribution in [0, 0.1) is 0 Å². The van der Waals surface area contributed by atoms with E-state index in [-0.39, 0.29) is 0 Å². The molecule has 1 aromatic heterocycles. The van der Waals surface area contributed by atoms with Crippen LogP contribution in [0.4, 0.5) is 5.82 Å². The van der Waals surface area contributed by atoms with Crippen LogP contribution in [0.2, 0.25) is 0 Å². The van der Waals surface area contributed by atoms with Crippen LogP contribution in [0.15, 0.2) is 17.0 Å². The van der Waals surface area contributed by atoms with Gasteiger partial charge in [0.05, 0.1) is 0 Å². The largest absolute Gasteiger partial charge is 0.363 e. The fraction of sp³-hybridized carbons (Fsp3) is 0.333. The quantitative estimate of drug-likeness (QED) is 0.642. The van der Waals surface area contributed by atoms with Crippen LogP contribution in [0.5, 0.6) is 0 Å². The summed E-state index contributed by atoms with van der Waals surface area (Å²) in [6, 6.07) is 1.86. The van der Waals surface area contributed by atoms with Crippen molar-refractivity contribution in [2.24, 2.45) is 0 Å². The lowest BCUT2D eigenvalue weighted by atomic mass is 10.5. The molecule has 0 spiro atoms. The van der Waals surface area contributed by atoms with Crippen LogP contribution in [-0.4, -0.2) is 24.1 Å². The van der Waals surface area contributed by atoms with Crippen LogP contribution < -0.4 is 4.90 Å². The van der Waals surface area contributed by atoms with Gasteiger partial charge >= 0.3 is 0 Å². The SMILES string of the molecule is CN(C)c1cc(Br)ncn1. The third kappa shape index (κ3) is 1.67. The van der Waals surface area contributed by atoms with Crippen LogP contribution in [0.25, 0.3) is 0 Å². The molecule has 0 unspecified atom stereocenters. The Morgan fingerprint density at radius 2 is 2.10 bits per heavy atom. The van der Waals surface area contributed by atoms with E-state index in [0.717, 1.165) is 10.4 Å². The maximum absolute atomic E-state index is 4.02. The lowest BCUT2D eigenvalue weighted by molar-refractivity contribution is 1.03. The molecular formula is C6H8BrN3. The summed E-state index contributed by atoms with van der Waals surface area (Å²) in [5.41, 5.74) is 0. The molecule has 0 bridgehead atoms. The zero-order valence-corrected chi connectivity index (χ0v) is 7.46. The summed E-state index contributed by atoms with van der Waals surface area (Å²) < 4.78 is 0.811. The monoisotopic (exact) mass is 201 g/mol. The van der Waals surface area contributed by atoms with Crippen molar-refractivity contribution in [3.05, 3.63) is 17.0 Å². The van der Waals surface area contributed by atoms with Crippen molar-refractivity contribution in [2.75, 3.05) is 19.0 Å². The van der Waals surface area contributed by atoms with Gasteiger partial charge in [-0.25, -0.2) is 9.97 Å². The first-order chi connectivity index (χ1) is 4.70. The Morgan fingerprint density at radius 3 is 2.50 bits per heavy atom. The molecule has 0 aliphatic rings. The molecule has 3 nitrogen and oxygen atoms in total. The molecule has 0 aromatic carbocycles. The zero-order chi connectivity index (χ0) is 7.56. The van der Waals surface area contributed by atoms with Crippen LogP contribution in [0.1, 0.15) is 0 Å². The van der Waals surface area contributed by atoms with Crippen molar-refractivity contribution in [3.8, 4) is 0 Å². The molecule has 0 fully saturated rings. The maximum atomic E-state index is 4.02. The third-order valence-corrected chi connectivity index (χ3v) is 1.51. The van der Waals surface area contributed by atoms with Crippen LogP contribution in [0.3, 0.4) is 0 Å². The molecule has 0 saturated carbocycles. The van der Waals surface area contributed by atoms with E-state index in [1.165, 1.54) is 6.33 Å². The average molecular weight is 202 g/mol. The number of rotatable bonds is 1. The first-order valence-corrected chi connectivity index (χ1v) is 3.64. The number of anilines is 1. The Balaban J connectivity index is 2.96. The zero-order valence-electron chi connectivity index (χ0n) is 5.87. The standard InChI is InChI=1S/C6H8BrN3/c1-10(2)6-3-5(7)8-4-9-6/h3-4H,1-2H3.